The highest BCUT2D eigenvalue weighted by Crippen LogP contribution is 2.38. The van der Waals surface area contributed by atoms with Gasteiger partial charge in [-0.1, -0.05) is 36.9 Å². The molecule has 0 radical (unpaired) electrons. The number of carbonyl (C=O) groups excluding carboxylic acids is 1. The van der Waals surface area contributed by atoms with Gasteiger partial charge in [0, 0.05) is 29.4 Å². The Bertz CT molecular complexity index is 591. The van der Waals surface area contributed by atoms with Crippen LogP contribution in [0.4, 0.5) is 5.69 Å². The van der Waals surface area contributed by atoms with Crippen LogP contribution in [-0.4, -0.2) is 18.6 Å². The van der Waals surface area contributed by atoms with Crippen LogP contribution in [-0.2, 0) is 16.0 Å². The zero-order valence-electron chi connectivity index (χ0n) is 13.0. The maximum absolute atomic E-state index is 12.2. The van der Waals surface area contributed by atoms with Crippen molar-refractivity contribution in [1.82, 2.24) is 0 Å². The highest BCUT2D eigenvalue weighted by Gasteiger charge is 2.29. The number of fused-ring (bicyclic) bond motifs is 1. The van der Waals surface area contributed by atoms with Gasteiger partial charge < -0.3 is 9.64 Å². The van der Waals surface area contributed by atoms with E-state index in [4.69, 9.17) is 16.3 Å². The Labute approximate surface area is 136 Å². The molecule has 1 aliphatic carbocycles. The van der Waals surface area contributed by atoms with E-state index in [2.05, 4.69) is 11.0 Å². The summed E-state index contributed by atoms with van der Waals surface area (Å²) in [6, 6.07) is 6.44. The minimum atomic E-state index is -0.228. The van der Waals surface area contributed by atoms with Gasteiger partial charge >= 0.3 is 5.97 Å². The summed E-state index contributed by atoms with van der Waals surface area (Å²) in [4.78, 5) is 14.4. The van der Waals surface area contributed by atoms with Crippen molar-refractivity contribution in [3.63, 3.8) is 0 Å². The van der Waals surface area contributed by atoms with E-state index >= 15 is 0 Å². The normalized spacial score (nSPS) is 18.6. The molecule has 0 saturated heterocycles. The maximum Gasteiger partial charge on any atom is 0.335 e. The molecule has 2 aliphatic rings. The van der Waals surface area contributed by atoms with Crippen LogP contribution >= 0.6 is 11.6 Å². The average Bonchev–Trinajstić information content (AvgIpc) is 2.55. The van der Waals surface area contributed by atoms with Gasteiger partial charge in [0.2, 0.25) is 0 Å². The van der Waals surface area contributed by atoms with E-state index in [0.717, 1.165) is 16.3 Å². The molecule has 1 saturated carbocycles. The molecule has 0 aromatic heterocycles. The molecule has 1 aromatic carbocycles. The van der Waals surface area contributed by atoms with Gasteiger partial charge in [0.25, 0.3) is 0 Å². The molecule has 3 rings (SSSR count). The fourth-order valence-electron chi connectivity index (χ4n) is 3.45. The Morgan fingerprint density at radius 1 is 1.32 bits per heavy atom. The molecular formula is C18H22ClNO2. The first-order valence-corrected chi connectivity index (χ1v) is 8.52. The van der Waals surface area contributed by atoms with E-state index in [1.165, 1.54) is 32.1 Å². The van der Waals surface area contributed by atoms with Crippen LogP contribution in [0.3, 0.4) is 0 Å². The summed E-state index contributed by atoms with van der Waals surface area (Å²) >= 11 is 6.39. The van der Waals surface area contributed by atoms with Crippen molar-refractivity contribution in [3.8, 4) is 0 Å². The van der Waals surface area contributed by atoms with Crippen LogP contribution in [0.25, 0.3) is 0 Å². The van der Waals surface area contributed by atoms with Crippen LogP contribution < -0.4 is 4.90 Å². The lowest BCUT2D eigenvalue weighted by molar-refractivity contribution is -0.138. The lowest BCUT2D eigenvalue weighted by Gasteiger charge is -2.37. The van der Waals surface area contributed by atoms with Gasteiger partial charge in [-0.3, -0.25) is 0 Å². The van der Waals surface area contributed by atoms with Gasteiger partial charge in [-0.2, -0.15) is 0 Å². The number of halogens is 1. The van der Waals surface area contributed by atoms with E-state index in [0.29, 0.717) is 24.6 Å². The number of benzene rings is 1. The van der Waals surface area contributed by atoms with E-state index < -0.39 is 0 Å². The third kappa shape index (κ3) is 3.00. The van der Waals surface area contributed by atoms with Gasteiger partial charge in [0.15, 0.2) is 0 Å². The summed E-state index contributed by atoms with van der Waals surface area (Å²) in [6.45, 7) is 2.23. The first-order chi connectivity index (χ1) is 10.7. The number of anilines is 1. The van der Waals surface area contributed by atoms with Crippen molar-refractivity contribution in [3.05, 3.63) is 40.6 Å². The number of ether oxygens (including phenoxy) is 1. The molecule has 1 heterocycles. The second-order valence-corrected chi connectivity index (χ2v) is 6.40. The van der Waals surface area contributed by atoms with E-state index in [1.807, 2.05) is 25.3 Å². The Morgan fingerprint density at radius 2 is 2.09 bits per heavy atom. The van der Waals surface area contributed by atoms with Crippen LogP contribution in [0.5, 0.6) is 0 Å². The number of nitrogens with zero attached hydrogens (tertiary/aromatic N) is 1. The molecule has 0 amide bonds. The van der Waals surface area contributed by atoms with Crippen molar-refractivity contribution in [2.24, 2.45) is 0 Å². The van der Waals surface area contributed by atoms with Crippen LogP contribution in [0.1, 0.15) is 44.6 Å². The first kappa shape index (κ1) is 15.4. The molecule has 1 aromatic rings. The van der Waals surface area contributed by atoms with Crippen molar-refractivity contribution >= 4 is 23.3 Å². The summed E-state index contributed by atoms with van der Waals surface area (Å²) in [7, 11) is 0. The SMILES string of the molecule is CCOC(=O)C1=CN(C2CCCCC2)c2cccc(Cl)c2C1. The zero-order chi connectivity index (χ0) is 15.5. The fourth-order valence-corrected chi connectivity index (χ4v) is 3.68. The Kier molecular flexibility index (Phi) is 4.72. The Morgan fingerprint density at radius 3 is 2.82 bits per heavy atom. The molecule has 1 aliphatic heterocycles. The Hall–Kier alpha value is -1.48. The molecule has 0 unspecified atom stereocenters. The second-order valence-electron chi connectivity index (χ2n) is 5.99. The van der Waals surface area contributed by atoms with Gasteiger partial charge in [0.1, 0.15) is 0 Å². The third-order valence-electron chi connectivity index (χ3n) is 4.54. The summed E-state index contributed by atoms with van der Waals surface area (Å²) in [5.41, 5.74) is 2.89. The van der Waals surface area contributed by atoms with Gasteiger partial charge in [-0.25, -0.2) is 4.79 Å². The number of rotatable bonds is 3. The second kappa shape index (κ2) is 6.74. The molecule has 0 spiro atoms. The van der Waals surface area contributed by atoms with Gasteiger partial charge in [-0.05, 0) is 37.5 Å². The summed E-state index contributed by atoms with van der Waals surface area (Å²) < 4.78 is 5.19. The van der Waals surface area contributed by atoms with E-state index in [9.17, 15) is 4.79 Å². The molecule has 22 heavy (non-hydrogen) atoms. The average molecular weight is 320 g/mol. The first-order valence-electron chi connectivity index (χ1n) is 8.14. The predicted octanol–water partition coefficient (Wildman–Crippen LogP) is 4.48. The van der Waals surface area contributed by atoms with Crippen molar-refractivity contribution in [2.75, 3.05) is 11.5 Å². The Balaban J connectivity index is 1.97. The monoisotopic (exact) mass is 319 g/mol. The van der Waals surface area contributed by atoms with E-state index in [-0.39, 0.29) is 5.97 Å². The summed E-state index contributed by atoms with van der Waals surface area (Å²) in [6.07, 6.45) is 8.68. The molecular weight excluding hydrogens is 298 g/mol. The van der Waals surface area contributed by atoms with Crippen molar-refractivity contribution in [1.29, 1.82) is 0 Å². The minimum absolute atomic E-state index is 0.228. The van der Waals surface area contributed by atoms with Crippen LogP contribution in [0.15, 0.2) is 30.0 Å². The van der Waals surface area contributed by atoms with Crippen molar-refractivity contribution < 1.29 is 9.53 Å². The molecule has 4 heteroatoms. The zero-order valence-corrected chi connectivity index (χ0v) is 13.7. The maximum atomic E-state index is 12.2. The van der Waals surface area contributed by atoms with Gasteiger partial charge in [-0.15, -0.1) is 0 Å². The quantitative estimate of drug-likeness (QED) is 0.769. The summed E-state index contributed by atoms with van der Waals surface area (Å²) in [5, 5.41) is 0.730. The fraction of sp³-hybridized carbons (Fsp3) is 0.500. The van der Waals surface area contributed by atoms with Crippen LogP contribution in [0.2, 0.25) is 5.02 Å². The lowest BCUT2D eigenvalue weighted by Crippen LogP contribution is -2.36. The van der Waals surface area contributed by atoms with Crippen molar-refractivity contribution in [2.45, 2.75) is 51.5 Å². The number of esters is 1. The number of hydrogen-bond acceptors (Lipinski definition) is 3. The number of carbonyl (C=O) groups is 1. The molecule has 0 atom stereocenters. The molecule has 118 valence electrons. The standard InChI is InChI=1S/C18H22ClNO2/c1-2-22-18(21)13-11-15-16(19)9-6-10-17(15)20(12-13)14-7-4-3-5-8-14/h6,9-10,12,14H,2-5,7-8,11H2,1H3. The summed E-state index contributed by atoms with van der Waals surface area (Å²) in [5.74, 6) is -0.228. The molecule has 1 fully saturated rings. The predicted molar refractivity (Wildman–Crippen MR) is 89.2 cm³/mol. The molecule has 0 N–H and O–H groups in total. The van der Waals surface area contributed by atoms with Gasteiger partial charge in [0.05, 0.1) is 12.2 Å². The smallest absolute Gasteiger partial charge is 0.335 e. The minimum Gasteiger partial charge on any atom is -0.463 e. The van der Waals surface area contributed by atoms with E-state index in [1.54, 1.807) is 0 Å². The molecule has 3 nitrogen and oxygen atoms in total. The van der Waals surface area contributed by atoms with Crippen LogP contribution in [0, 0.1) is 0 Å². The topological polar surface area (TPSA) is 29.5 Å². The number of hydrogen-bond donors (Lipinski definition) is 0. The third-order valence-corrected chi connectivity index (χ3v) is 4.89. The highest BCUT2D eigenvalue weighted by molar-refractivity contribution is 6.32. The lowest BCUT2D eigenvalue weighted by atomic mass is 9.91. The highest BCUT2D eigenvalue weighted by atomic mass is 35.5. The molecule has 0 bridgehead atoms. The largest absolute Gasteiger partial charge is 0.463 e.